The van der Waals surface area contributed by atoms with E-state index in [-0.39, 0.29) is 31.8 Å². The van der Waals surface area contributed by atoms with E-state index in [1.165, 1.54) is 24.3 Å². The van der Waals surface area contributed by atoms with Crippen molar-refractivity contribution < 1.29 is 16.8 Å². The highest BCUT2D eigenvalue weighted by molar-refractivity contribution is 7.91. The van der Waals surface area contributed by atoms with Crippen LogP contribution < -0.4 is 10.0 Å². The van der Waals surface area contributed by atoms with Crippen LogP contribution in [0.15, 0.2) is 63.2 Å². The van der Waals surface area contributed by atoms with Gasteiger partial charge in [0.15, 0.2) is 0 Å². The normalized spacial score (nSPS) is 19.5. The maximum Gasteiger partial charge on any atom is 0.241 e. The minimum Gasteiger partial charge on any atom is -0.307 e. The van der Waals surface area contributed by atoms with Gasteiger partial charge in [0.05, 0.1) is 14.7 Å². The summed E-state index contributed by atoms with van der Waals surface area (Å²) in [5.41, 5.74) is 0.0623. The van der Waals surface area contributed by atoms with Crippen LogP contribution in [0.1, 0.15) is 46.1 Å². The van der Waals surface area contributed by atoms with Gasteiger partial charge >= 0.3 is 0 Å². The van der Waals surface area contributed by atoms with Crippen LogP contribution in [-0.4, -0.2) is 34.0 Å². The van der Waals surface area contributed by atoms with E-state index in [1.54, 1.807) is 31.2 Å². The molecule has 6 nitrogen and oxygen atoms in total. The molecule has 1 aliphatic heterocycles. The lowest BCUT2D eigenvalue weighted by molar-refractivity contribution is 0.157. The molecule has 2 N–H and O–H groups in total. The number of sulfone groups is 1. The summed E-state index contributed by atoms with van der Waals surface area (Å²) in [6.07, 6.45) is 1.27. The lowest BCUT2D eigenvalue weighted by atomic mass is 9.80. The maximum atomic E-state index is 13.2. The standard InChI is InChI=1S/C22H30N2O4S2/c1-16-11-12-19(29(25,26)18-9-7-6-8-10-18)13-20(16)30(27,28)23-17-14-21(2,3)24-22(4,5)15-17/h6-13,17,23-24H,14-15H2,1-5H3. The molecule has 0 amide bonds. The molecular formula is C22H30N2O4S2. The van der Waals surface area contributed by atoms with Gasteiger partial charge in [-0.05, 0) is 77.3 Å². The largest absolute Gasteiger partial charge is 0.307 e. The van der Waals surface area contributed by atoms with Crippen molar-refractivity contribution in [1.82, 2.24) is 10.0 Å². The van der Waals surface area contributed by atoms with Crippen LogP contribution in [-0.2, 0) is 19.9 Å². The highest BCUT2D eigenvalue weighted by Gasteiger charge is 2.39. The van der Waals surface area contributed by atoms with Crippen molar-refractivity contribution in [3.05, 3.63) is 54.1 Å². The predicted octanol–water partition coefficient (Wildman–Crippen LogP) is 3.42. The van der Waals surface area contributed by atoms with Crippen molar-refractivity contribution in [2.45, 2.75) is 79.3 Å². The quantitative estimate of drug-likeness (QED) is 0.728. The van der Waals surface area contributed by atoms with E-state index in [0.717, 1.165) is 0 Å². The molecule has 0 aliphatic carbocycles. The first kappa shape index (κ1) is 22.9. The number of hydrogen-bond donors (Lipinski definition) is 2. The topological polar surface area (TPSA) is 92.3 Å². The smallest absolute Gasteiger partial charge is 0.241 e. The van der Waals surface area contributed by atoms with Gasteiger partial charge in [-0.25, -0.2) is 21.6 Å². The van der Waals surface area contributed by atoms with E-state index in [0.29, 0.717) is 18.4 Å². The van der Waals surface area contributed by atoms with Gasteiger partial charge in [0.1, 0.15) is 0 Å². The molecule has 3 rings (SSSR count). The van der Waals surface area contributed by atoms with E-state index >= 15 is 0 Å². The second kappa shape index (κ2) is 7.75. The summed E-state index contributed by atoms with van der Waals surface area (Å²) in [5.74, 6) is 0. The second-order valence-corrected chi connectivity index (χ2v) is 13.0. The van der Waals surface area contributed by atoms with Gasteiger partial charge in [0.2, 0.25) is 19.9 Å². The summed E-state index contributed by atoms with van der Waals surface area (Å²) in [6, 6.07) is 12.0. The molecule has 1 heterocycles. The summed E-state index contributed by atoms with van der Waals surface area (Å²) in [4.78, 5) is 0.0892. The number of rotatable bonds is 5. The molecule has 0 aromatic heterocycles. The molecule has 0 radical (unpaired) electrons. The van der Waals surface area contributed by atoms with Gasteiger partial charge in [-0.3, -0.25) is 0 Å². The average Bonchev–Trinajstić information content (AvgIpc) is 2.59. The molecule has 1 saturated heterocycles. The SMILES string of the molecule is Cc1ccc(S(=O)(=O)c2ccccc2)cc1S(=O)(=O)NC1CC(C)(C)NC(C)(C)C1. The Hall–Kier alpha value is -1.74. The van der Waals surface area contributed by atoms with E-state index in [2.05, 4.69) is 10.0 Å². The highest BCUT2D eigenvalue weighted by atomic mass is 32.2. The molecule has 8 heteroatoms. The van der Waals surface area contributed by atoms with Crippen LogP contribution in [0.4, 0.5) is 0 Å². The molecule has 0 bridgehead atoms. The molecule has 0 spiro atoms. The van der Waals surface area contributed by atoms with Gasteiger partial charge in [0, 0.05) is 17.1 Å². The highest BCUT2D eigenvalue weighted by Crippen LogP contribution is 2.30. The van der Waals surface area contributed by atoms with E-state index in [4.69, 9.17) is 0 Å². The molecule has 1 fully saturated rings. The van der Waals surface area contributed by atoms with Gasteiger partial charge in [-0.15, -0.1) is 0 Å². The van der Waals surface area contributed by atoms with Crippen molar-refractivity contribution in [2.24, 2.45) is 0 Å². The minimum absolute atomic E-state index is 0.00588. The zero-order chi connectivity index (χ0) is 22.4. The first-order chi connectivity index (χ1) is 13.7. The van der Waals surface area contributed by atoms with Crippen molar-refractivity contribution in [2.75, 3.05) is 0 Å². The Morgan fingerprint density at radius 2 is 1.43 bits per heavy atom. The summed E-state index contributed by atoms with van der Waals surface area (Å²) in [5, 5.41) is 3.53. The fourth-order valence-electron chi connectivity index (χ4n) is 4.46. The summed E-state index contributed by atoms with van der Waals surface area (Å²) in [7, 11) is -7.71. The second-order valence-electron chi connectivity index (χ2n) is 9.36. The van der Waals surface area contributed by atoms with E-state index in [9.17, 15) is 16.8 Å². The Morgan fingerprint density at radius 3 is 2.00 bits per heavy atom. The monoisotopic (exact) mass is 450 g/mol. The molecule has 0 atom stereocenters. The Labute approximate surface area is 180 Å². The summed E-state index contributed by atoms with van der Waals surface area (Å²) < 4.78 is 55.2. The third-order valence-corrected chi connectivity index (χ3v) is 8.75. The molecule has 164 valence electrons. The molecule has 0 saturated carbocycles. The van der Waals surface area contributed by atoms with Gasteiger partial charge < -0.3 is 5.32 Å². The van der Waals surface area contributed by atoms with Crippen molar-refractivity contribution in [3.63, 3.8) is 0 Å². The molecule has 0 unspecified atom stereocenters. The number of benzene rings is 2. The van der Waals surface area contributed by atoms with Crippen molar-refractivity contribution in [3.8, 4) is 0 Å². The van der Waals surface area contributed by atoms with Crippen LogP contribution in [0.2, 0.25) is 0 Å². The number of aryl methyl sites for hydroxylation is 1. The zero-order valence-electron chi connectivity index (χ0n) is 18.1. The minimum atomic E-state index is -3.90. The average molecular weight is 451 g/mol. The predicted molar refractivity (Wildman–Crippen MR) is 118 cm³/mol. The van der Waals surface area contributed by atoms with Crippen molar-refractivity contribution >= 4 is 19.9 Å². The van der Waals surface area contributed by atoms with Crippen molar-refractivity contribution in [1.29, 1.82) is 0 Å². The van der Waals surface area contributed by atoms with Gasteiger partial charge in [0.25, 0.3) is 0 Å². The molecule has 2 aromatic carbocycles. The Bertz CT molecular complexity index is 1120. The molecular weight excluding hydrogens is 420 g/mol. The van der Waals surface area contributed by atoms with E-state index < -0.39 is 19.9 Å². The lowest BCUT2D eigenvalue weighted by Gasteiger charge is -2.46. The zero-order valence-corrected chi connectivity index (χ0v) is 19.7. The molecule has 2 aromatic rings. The van der Waals surface area contributed by atoms with Crippen LogP contribution in [0.5, 0.6) is 0 Å². The fraction of sp³-hybridized carbons (Fsp3) is 0.455. The lowest BCUT2D eigenvalue weighted by Crippen LogP contribution is -2.62. The molecule has 30 heavy (non-hydrogen) atoms. The van der Waals surface area contributed by atoms with E-state index in [1.807, 2.05) is 27.7 Å². The van der Waals surface area contributed by atoms with Crippen LogP contribution >= 0.6 is 0 Å². The first-order valence-electron chi connectivity index (χ1n) is 9.94. The van der Waals surface area contributed by atoms with Crippen LogP contribution in [0.25, 0.3) is 0 Å². The number of sulfonamides is 1. The number of nitrogens with one attached hydrogen (secondary N) is 2. The number of hydrogen-bond acceptors (Lipinski definition) is 5. The fourth-order valence-corrected chi connectivity index (χ4v) is 7.35. The van der Waals surface area contributed by atoms with Gasteiger partial charge in [-0.1, -0.05) is 24.3 Å². The summed E-state index contributed by atoms with van der Waals surface area (Å²) >= 11 is 0. The Balaban J connectivity index is 1.96. The Kier molecular flexibility index (Phi) is 5.92. The van der Waals surface area contributed by atoms with Gasteiger partial charge in [-0.2, -0.15) is 0 Å². The third-order valence-electron chi connectivity index (χ3n) is 5.32. The Morgan fingerprint density at radius 1 is 0.867 bits per heavy atom. The first-order valence-corrected chi connectivity index (χ1v) is 12.9. The third kappa shape index (κ3) is 4.94. The van der Waals surface area contributed by atoms with Crippen LogP contribution in [0, 0.1) is 6.92 Å². The maximum absolute atomic E-state index is 13.2. The van der Waals surface area contributed by atoms with Crippen LogP contribution in [0.3, 0.4) is 0 Å². The number of piperidine rings is 1. The summed E-state index contributed by atoms with van der Waals surface area (Å²) in [6.45, 7) is 9.87. The molecule has 1 aliphatic rings.